The van der Waals surface area contributed by atoms with Crippen molar-refractivity contribution in [2.45, 2.75) is 5.92 Å². The molecule has 0 unspecified atom stereocenters. The van der Waals surface area contributed by atoms with E-state index < -0.39 is 11.8 Å². The van der Waals surface area contributed by atoms with Gasteiger partial charge in [-0.25, -0.2) is 0 Å². The third kappa shape index (κ3) is 3.41. The number of hydrogen-bond acceptors (Lipinski definition) is 6. The molecule has 28 heavy (non-hydrogen) atoms. The molecule has 0 atom stereocenters. The summed E-state index contributed by atoms with van der Waals surface area (Å²) in [6, 6.07) is 9.99. The molecule has 142 valence electrons. The summed E-state index contributed by atoms with van der Waals surface area (Å²) in [6.45, 7) is 0. The van der Waals surface area contributed by atoms with Gasteiger partial charge in [-0.15, -0.1) is 0 Å². The molecule has 0 radical (unpaired) electrons. The third-order valence-corrected chi connectivity index (χ3v) is 4.05. The van der Waals surface area contributed by atoms with Crippen LogP contribution in [0.1, 0.15) is 11.3 Å². The molecular weight excluding hydrogens is 364 g/mol. The van der Waals surface area contributed by atoms with Gasteiger partial charge in [0.05, 0.1) is 11.2 Å². The minimum absolute atomic E-state index is 0.215. The molecule has 0 amide bonds. The lowest BCUT2D eigenvalue weighted by atomic mass is 10.0. The average Bonchev–Trinajstić information content (AvgIpc) is 2.71. The van der Waals surface area contributed by atoms with Crippen LogP contribution < -0.4 is 11.2 Å². The number of alkyl halides is 2. The maximum atomic E-state index is 15.1. The van der Waals surface area contributed by atoms with Crippen LogP contribution in [0.5, 0.6) is 0 Å². The number of hydrogen-bond donors (Lipinski definition) is 3. The first-order valence-electron chi connectivity index (χ1n) is 8.20. The van der Waals surface area contributed by atoms with Crippen LogP contribution in [0.3, 0.4) is 0 Å². The van der Waals surface area contributed by atoms with E-state index in [0.717, 1.165) is 0 Å². The number of aliphatic imine (C=N–C) groups is 1. The highest BCUT2D eigenvalue weighted by molar-refractivity contribution is 6.08. The first-order chi connectivity index (χ1) is 13.4. The first-order valence-corrected chi connectivity index (χ1v) is 8.20. The second-order valence-corrected chi connectivity index (χ2v) is 5.86. The molecule has 0 saturated heterocycles. The normalized spacial score (nSPS) is 12.6. The van der Waals surface area contributed by atoms with E-state index in [-0.39, 0.29) is 16.7 Å². The van der Waals surface area contributed by atoms with Gasteiger partial charge in [0.1, 0.15) is 5.49 Å². The number of pyridine rings is 1. The summed E-state index contributed by atoms with van der Waals surface area (Å²) in [5, 5.41) is 20.5. The molecule has 0 bridgehead atoms. The quantitative estimate of drug-likeness (QED) is 0.476. The molecule has 0 aliphatic rings. The molecule has 3 aromatic rings. The molecule has 2 heterocycles. The molecule has 7 nitrogen and oxygen atoms in total. The SMILES string of the molecule is CN=CC(=CN)c1ccc(=N)n(C(=N)C(F)(F)c2ccc3ncccc3c2)n1. The number of halogens is 2. The number of nitrogens with zero attached hydrogens (tertiary/aromatic N) is 4. The smallest absolute Gasteiger partial charge is 0.331 e. The highest BCUT2D eigenvalue weighted by Crippen LogP contribution is 2.31. The maximum Gasteiger partial charge on any atom is 0.331 e. The zero-order valence-corrected chi connectivity index (χ0v) is 14.9. The fourth-order valence-electron chi connectivity index (χ4n) is 2.62. The summed E-state index contributed by atoms with van der Waals surface area (Å²) in [5.74, 6) is -4.82. The number of nitrogens with one attached hydrogen (secondary N) is 2. The van der Waals surface area contributed by atoms with Gasteiger partial charge < -0.3 is 5.73 Å². The lowest BCUT2D eigenvalue weighted by molar-refractivity contribution is 0.0697. The number of nitrogens with two attached hydrogens (primary N) is 1. The Hall–Kier alpha value is -3.75. The fraction of sp³-hybridized carbons (Fsp3) is 0.105. The molecule has 0 fully saturated rings. The summed E-state index contributed by atoms with van der Waals surface area (Å²) in [6.07, 6.45) is 4.21. The molecule has 0 saturated carbocycles. The highest BCUT2D eigenvalue weighted by Gasteiger charge is 2.39. The number of allylic oxidation sites excluding steroid dienone is 1. The Bertz CT molecular complexity index is 1160. The van der Waals surface area contributed by atoms with Crippen LogP contribution in [0, 0.1) is 10.8 Å². The van der Waals surface area contributed by atoms with Crippen LogP contribution in [0.2, 0.25) is 0 Å². The van der Waals surface area contributed by atoms with Gasteiger partial charge in [-0.1, -0.05) is 12.1 Å². The molecule has 0 aliphatic heterocycles. The van der Waals surface area contributed by atoms with Crippen LogP contribution in [0.15, 0.2) is 59.9 Å². The van der Waals surface area contributed by atoms with Crippen molar-refractivity contribution in [1.29, 1.82) is 10.8 Å². The number of rotatable bonds is 4. The van der Waals surface area contributed by atoms with Crippen molar-refractivity contribution in [2.24, 2.45) is 10.7 Å². The van der Waals surface area contributed by atoms with Crippen molar-refractivity contribution in [1.82, 2.24) is 14.8 Å². The topological polar surface area (TPSA) is 117 Å². The zero-order chi connectivity index (χ0) is 20.3. The van der Waals surface area contributed by atoms with Crippen molar-refractivity contribution in [3.8, 4) is 0 Å². The minimum atomic E-state index is -3.68. The monoisotopic (exact) mass is 381 g/mol. The standard InChI is InChI=1S/C19H17F2N7/c1-25-11-13(10-22)16-6-7-17(23)28(27-16)18(24)19(20,21)14-4-5-15-12(9-14)3-2-8-26-15/h2-11,23-24H,22H2,1H3. The van der Waals surface area contributed by atoms with E-state index >= 15 is 8.78 Å². The van der Waals surface area contributed by atoms with Gasteiger partial charge in [0.25, 0.3) is 0 Å². The van der Waals surface area contributed by atoms with Gasteiger partial charge in [-0.3, -0.25) is 20.8 Å². The van der Waals surface area contributed by atoms with E-state index in [4.69, 9.17) is 16.6 Å². The van der Waals surface area contributed by atoms with Crippen LogP contribution in [0.4, 0.5) is 8.78 Å². The third-order valence-electron chi connectivity index (χ3n) is 4.05. The summed E-state index contributed by atoms with van der Waals surface area (Å²) < 4.78 is 30.7. The van der Waals surface area contributed by atoms with Crippen molar-refractivity contribution in [2.75, 3.05) is 7.05 Å². The Morgan fingerprint density at radius 3 is 2.75 bits per heavy atom. The molecular formula is C19H17F2N7. The predicted molar refractivity (Wildman–Crippen MR) is 103 cm³/mol. The highest BCUT2D eigenvalue weighted by atomic mass is 19.3. The van der Waals surface area contributed by atoms with Crippen molar-refractivity contribution in [3.05, 3.63) is 71.6 Å². The van der Waals surface area contributed by atoms with E-state index in [2.05, 4.69) is 15.1 Å². The molecule has 9 heteroatoms. The molecule has 2 aromatic heterocycles. The lowest BCUT2D eigenvalue weighted by Gasteiger charge is -2.19. The first kappa shape index (κ1) is 19.0. The van der Waals surface area contributed by atoms with Gasteiger partial charge in [-0.2, -0.15) is 18.6 Å². The average molecular weight is 381 g/mol. The Kier molecular flexibility index (Phi) is 5.08. The van der Waals surface area contributed by atoms with Crippen LogP contribution in [-0.2, 0) is 5.92 Å². The molecule has 0 aliphatic carbocycles. The van der Waals surface area contributed by atoms with Crippen molar-refractivity contribution >= 4 is 28.5 Å². The summed E-state index contributed by atoms with van der Waals surface area (Å²) in [7, 11) is 1.53. The minimum Gasteiger partial charge on any atom is -0.404 e. The summed E-state index contributed by atoms with van der Waals surface area (Å²) in [4.78, 5) is 7.93. The van der Waals surface area contributed by atoms with Gasteiger partial charge in [0.15, 0.2) is 5.84 Å². The van der Waals surface area contributed by atoms with E-state index in [0.29, 0.717) is 21.2 Å². The van der Waals surface area contributed by atoms with E-state index in [1.807, 2.05) is 0 Å². The Morgan fingerprint density at radius 2 is 2.04 bits per heavy atom. The predicted octanol–water partition coefficient (Wildman–Crippen LogP) is 2.53. The van der Waals surface area contributed by atoms with Gasteiger partial charge in [0, 0.05) is 42.2 Å². The fourth-order valence-corrected chi connectivity index (χ4v) is 2.62. The Balaban J connectivity index is 2.07. The second kappa shape index (κ2) is 7.47. The molecule has 1 aromatic carbocycles. The van der Waals surface area contributed by atoms with Gasteiger partial charge in [-0.05, 0) is 30.3 Å². The van der Waals surface area contributed by atoms with Crippen LogP contribution in [-0.4, -0.2) is 33.9 Å². The van der Waals surface area contributed by atoms with Crippen molar-refractivity contribution in [3.63, 3.8) is 0 Å². The maximum absolute atomic E-state index is 15.1. The number of aromatic nitrogens is 3. The molecule has 3 rings (SSSR count). The second-order valence-electron chi connectivity index (χ2n) is 5.86. The van der Waals surface area contributed by atoms with Crippen molar-refractivity contribution < 1.29 is 8.78 Å². The summed E-state index contributed by atoms with van der Waals surface area (Å²) in [5.41, 5.74) is 5.94. The Labute approximate surface area is 158 Å². The van der Waals surface area contributed by atoms with E-state index in [1.54, 1.807) is 18.3 Å². The zero-order valence-electron chi connectivity index (χ0n) is 14.9. The number of benzene rings is 1. The largest absolute Gasteiger partial charge is 0.404 e. The lowest BCUT2D eigenvalue weighted by Crippen LogP contribution is -2.39. The van der Waals surface area contributed by atoms with Gasteiger partial charge in [0.2, 0.25) is 0 Å². The number of fused-ring (bicyclic) bond motifs is 1. The molecule has 4 N–H and O–H groups in total. The van der Waals surface area contributed by atoms with Crippen LogP contribution >= 0.6 is 0 Å². The van der Waals surface area contributed by atoms with Gasteiger partial charge >= 0.3 is 5.92 Å². The van der Waals surface area contributed by atoms with Crippen LogP contribution in [0.25, 0.3) is 16.5 Å². The summed E-state index contributed by atoms with van der Waals surface area (Å²) >= 11 is 0. The van der Waals surface area contributed by atoms with E-state index in [1.165, 1.54) is 49.8 Å². The Morgan fingerprint density at radius 1 is 1.25 bits per heavy atom. The molecule has 0 spiro atoms. The van der Waals surface area contributed by atoms with E-state index in [9.17, 15) is 0 Å².